The summed E-state index contributed by atoms with van der Waals surface area (Å²) in [6.45, 7) is 0. The number of aromatic nitrogens is 2. The topological polar surface area (TPSA) is 66.0 Å². The van der Waals surface area contributed by atoms with Gasteiger partial charge in [0.25, 0.3) is 0 Å². The summed E-state index contributed by atoms with van der Waals surface area (Å²) < 4.78 is 26.5. The number of carboxylic acid groups (broad SMARTS) is 1. The van der Waals surface area contributed by atoms with Crippen molar-refractivity contribution in [3.63, 3.8) is 0 Å². The van der Waals surface area contributed by atoms with Crippen molar-refractivity contribution in [3.05, 3.63) is 41.6 Å². The Balaban J connectivity index is 2.49. The molecule has 1 heterocycles. The first-order valence-electron chi connectivity index (χ1n) is 4.77. The average Bonchev–Trinajstić information content (AvgIpc) is 2.69. The predicted molar refractivity (Wildman–Crippen MR) is 55.3 cm³/mol. The fourth-order valence-electron chi connectivity index (χ4n) is 1.53. The SMILES string of the molecule is O=C(O)Cc1cn[nH]c1-c1cc(F)ccc1F. The van der Waals surface area contributed by atoms with Crippen molar-refractivity contribution in [2.24, 2.45) is 0 Å². The van der Waals surface area contributed by atoms with Crippen molar-refractivity contribution in [2.75, 3.05) is 0 Å². The molecule has 0 aliphatic rings. The molecule has 2 rings (SSSR count). The van der Waals surface area contributed by atoms with Gasteiger partial charge >= 0.3 is 5.97 Å². The van der Waals surface area contributed by atoms with Gasteiger partial charge in [-0.1, -0.05) is 0 Å². The maximum absolute atomic E-state index is 13.5. The molecule has 0 aliphatic carbocycles. The summed E-state index contributed by atoms with van der Waals surface area (Å²) in [4.78, 5) is 10.6. The molecule has 0 unspecified atom stereocenters. The Labute approximate surface area is 94.9 Å². The van der Waals surface area contributed by atoms with Crippen molar-refractivity contribution >= 4 is 5.97 Å². The van der Waals surface area contributed by atoms with Gasteiger partial charge < -0.3 is 5.11 Å². The smallest absolute Gasteiger partial charge is 0.307 e. The molecular weight excluding hydrogens is 230 g/mol. The lowest BCUT2D eigenvalue weighted by Gasteiger charge is -2.03. The van der Waals surface area contributed by atoms with E-state index in [9.17, 15) is 13.6 Å². The number of carboxylic acids is 1. The van der Waals surface area contributed by atoms with Gasteiger partial charge in [0.05, 0.1) is 18.3 Å². The number of H-pyrrole nitrogens is 1. The van der Waals surface area contributed by atoms with Gasteiger partial charge in [0, 0.05) is 11.1 Å². The van der Waals surface area contributed by atoms with E-state index in [1.165, 1.54) is 6.20 Å². The quantitative estimate of drug-likeness (QED) is 0.859. The summed E-state index contributed by atoms with van der Waals surface area (Å²) in [5.41, 5.74) is 0.463. The maximum Gasteiger partial charge on any atom is 0.307 e. The number of halogens is 2. The molecule has 0 amide bonds. The van der Waals surface area contributed by atoms with Crippen LogP contribution in [0.3, 0.4) is 0 Å². The first kappa shape index (κ1) is 11.3. The minimum atomic E-state index is -1.07. The molecule has 0 saturated heterocycles. The molecule has 0 atom stereocenters. The largest absolute Gasteiger partial charge is 0.481 e. The molecule has 17 heavy (non-hydrogen) atoms. The summed E-state index contributed by atoms with van der Waals surface area (Å²) in [5.74, 6) is -2.30. The third-order valence-corrected chi connectivity index (χ3v) is 2.26. The summed E-state index contributed by atoms with van der Waals surface area (Å²) in [5, 5.41) is 14.8. The van der Waals surface area contributed by atoms with E-state index in [1.54, 1.807) is 0 Å². The molecule has 0 fully saturated rings. The highest BCUT2D eigenvalue weighted by molar-refractivity contribution is 5.74. The highest BCUT2D eigenvalue weighted by atomic mass is 19.1. The minimum absolute atomic E-state index is 0.0289. The number of nitrogens with one attached hydrogen (secondary N) is 1. The molecule has 1 aromatic heterocycles. The third-order valence-electron chi connectivity index (χ3n) is 2.26. The molecule has 88 valence electrons. The van der Waals surface area contributed by atoms with Crippen LogP contribution in [0.15, 0.2) is 24.4 Å². The lowest BCUT2D eigenvalue weighted by molar-refractivity contribution is -0.136. The molecule has 2 aromatic rings. The summed E-state index contributed by atoms with van der Waals surface area (Å²) in [7, 11) is 0. The van der Waals surface area contributed by atoms with Crippen LogP contribution >= 0.6 is 0 Å². The number of carbonyl (C=O) groups is 1. The Bertz CT molecular complexity index is 566. The third kappa shape index (κ3) is 2.30. The minimum Gasteiger partial charge on any atom is -0.481 e. The zero-order valence-electron chi connectivity index (χ0n) is 8.58. The molecule has 0 bridgehead atoms. The molecule has 0 spiro atoms. The van der Waals surface area contributed by atoms with Crippen molar-refractivity contribution in [3.8, 4) is 11.3 Å². The fourth-order valence-corrected chi connectivity index (χ4v) is 1.53. The highest BCUT2D eigenvalue weighted by Gasteiger charge is 2.14. The van der Waals surface area contributed by atoms with Gasteiger partial charge in [-0.15, -0.1) is 0 Å². The number of benzene rings is 1. The molecule has 0 radical (unpaired) electrons. The van der Waals surface area contributed by atoms with E-state index in [1.807, 2.05) is 0 Å². The van der Waals surface area contributed by atoms with Crippen LogP contribution in [-0.2, 0) is 11.2 Å². The van der Waals surface area contributed by atoms with Gasteiger partial charge in [0.2, 0.25) is 0 Å². The normalized spacial score (nSPS) is 10.5. The van der Waals surface area contributed by atoms with Gasteiger partial charge in [0.1, 0.15) is 11.6 Å². The second-order valence-corrected chi connectivity index (χ2v) is 3.46. The van der Waals surface area contributed by atoms with Crippen LogP contribution in [0.25, 0.3) is 11.3 Å². The van der Waals surface area contributed by atoms with E-state index < -0.39 is 17.6 Å². The van der Waals surface area contributed by atoms with Crippen LogP contribution in [0.4, 0.5) is 8.78 Å². The Morgan fingerprint density at radius 2 is 2.18 bits per heavy atom. The number of hydrogen-bond donors (Lipinski definition) is 2. The Morgan fingerprint density at radius 3 is 2.88 bits per heavy atom. The van der Waals surface area contributed by atoms with Crippen molar-refractivity contribution in [1.82, 2.24) is 10.2 Å². The molecule has 4 nitrogen and oxygen atoms in total. The average molecular weight is 238 g/mol. The molecule has 2 N–H and O–H groups in total. The van der Waals surface area contributed by atoms with Crippen molar-refractivity contribution in [1.29, 1.82) is 0 Å². The zero-order valence-corrected chi connectivity index (χ0v) is 8.58. The Kier molecular flexibility index (Phi) is 2.86. The lowest BCUT2D eigenvalue weighted by atomic mass is 10.1. The van der Waals surface area contributed by atoms with Crippen LogP contribution in [-0.4, -0.2) is 21.3 Å². The van der Waals surface area contributed by atoms with E-state index in [2.05, 4.69) is 10.2 Å². The van der Waals surface area contributed by atoms with Gasteiger partial charge in [-0.3, -0.25) is 9.89 Å². The summed E-state index contributed by atoms with van der Waals surface area (Å²) >= 11 is 0. The standard InChI is InChI=1S/C11H8F2N2O2/c12-7-1-2-9(13)8(4-7)11-6(3-10(16)17)5-14-15-11/h1-2,4-5H,3H2,(H,14,15)(H,16,17). The van der Waals surface area contributed by atoms with Gasteiger partial charge in [-0.2, -0.15) is 5.10 Å². The van der Waals surface area contributed by atoms with Gasteiger partial charge in [-0.05, 0) is 18.2 Å². The van der Waals surface area contributed by atoms with E-state index >= 15 is 0 Å². The molecule has 0 aliphatic heterocycles. The first-order chi connectivity index (χ1) is 8.08. The summed E-state index contributed by atoms with van der Waals surface area (Å²) in [6.07, 6.45) is 0.982. The fraction of sp³-hybridized carbons (Fsp3) is 0.0909. The van der Waals surface area contributed by atoms with Crippen LogP contribution in [0.1, 0.15) is 5.56 Å². The first-order valence-corrected chi connectivity index (χ1v) is 4.77. The monoisotopic (exact) mass is 238 g/mol. The van der Waals surface area contributed by atoms with E-state index in [0.717, 1.165) is 18.2 Å². The highest BCUT2D eigenvalue weighted by Crippen LogP contribution is 2.25. The number of hydrogen-bond acceptors (Lipinski definition) is 2. The van der Waals surface area contributed by atoms with Gasteiger partial charge in [-0.25, -0.2) is 8.78 Å². The van der Waals surface area contributed by atoms with Crippen molar-refractivity contribution < 1.29 is 18.7 Å². The number of aliphatic carboxylic acids is 1. The lowest BCUT2D eigenvalue weighted by Crippen LogP contribution is -2.01. The van der Waals surface area contributed by atoms with E-state index in [-0.39, 0.29) is 17.7 Å². The molecule has 6 heteroatoms. The number of rotatable bonds is 3. The predicted octanol–water partition coefficient (Wildman–Crippen LogP) is 1.98. The molecule has 0 saturated carbocycles. The second-order valence-electron chi connectivity index (χ2n) is 3.46. The maximum atomic E-state index is 13.5. The van der Waals surface area contributed by atoms with Gasteiger partial charge in [0.15, 0.2) is 0 Å². The molecular formula is C11H8F2N2O2. The second kappa shape index (κ2) is 4.32. The molecule has 1 aromatic carbocycles. The zero-order chi connectivity index (χ0) is 12.4. The van der Waals surface area contributed by atoms with Crippen molar-refractivity contribution in [2.45, 2.75) is 6.42 Å². The van der Waals surface area contributed by atoms with E-state index in [4.69, 9.17) is 5.11 Å². The van der Waals surface area contributed by atoms with Crippen LogP contribution in [0.5, 0.6) is 0 Å². The van der Waals surface area contributed by atoms with Crippen LogP contribution in [0.2, 0.25) is 0 Å². The summed E-state index contributed by atoms with van der Waals surface area (Å²) in [6, 6.07) is 2.97. The van der Waals surface area contributed by atoms with Crippen LogP contribution in [0, 0.1) is 11.6 Å². The van der Waals surface area contributed by atoms with Crippen LogP contribution < -0.4 is 0 Å². The van der Waals surface area contributed by atoms with E-state index in [0.29, 0.717) is 5.56 Å². The number of nitrogens with zero attached hydrogens (tertiary/aromatic N) is 1. The Morgan fingerprint density at radius 1 is 1.41 bits per heavy atom. The number of aromatic amines is 1. The Hall–Kier alpha value is -2.24.